The van der Waals surface area contributed by atoms with Crippen LogP contribution in [0.3, 0.4) is 0 Å². The third-order valence-electron chi connectivity index (χ3n) is 6.19. The standard InChI is InChI=1S/C26H32ClN5O4/c1-3-36-24-20(5-4-6-22(24)27)17-30(2)23(33)8-7-19-15-21-18-32(26(34)29-25(21)28-16-19)10-9-31-11-13-35-14-12-31/h4-8,15-16H,3,9-14,17-18H2,1-2H3,(H,28,29,34). The number of nitrogens with one attached hydrogen (secondary N) is 1. The minimum absolute atomic E-state index is 0.143. The second kappa shape index (κ2) is 12.2. The first-order chi connectivity index (χ1) is 17.4. The average molecular weight is 514 g/mol. The molecule has 0 unspecified atom stereocenters. The topological polar surface area (TPSA) is 87.2 Å². The first-order valence-electron chi connectivity index (χ1n) is 12.1. The van der Waals surface area contributed by atoms with Crippen LogP contribution in [0.25, 0.3) is 6.08 Å². The summed E-state index contributed by atoms with van der Waals surface area (Å²) in [6, 6.07) is 7.33. The molecule has 0 saturated carbocycles. The summed E-state index contributed by atoms with van der Waals surface area (Å²) in [4.78, 5) is 35.3. The summed E-state index contributed by atoms with van der Waals surface area (Å²) in [7, 11) is 1.73. The van der Waals surface area contributed by atoms with Crippen molar-refractivity contribution < 1.29 is 19.1 Å². The van der Waals surface area contributed by atoms with Crippen molar-refractivity contribution in [1.82, 2.24) is 19.7 Å². The summed E-state index contributed by atoms with van der Waals surface area (Å²) in [6.45, 7) is 7.89. The molecule has 192 valence electrons. The molecule has 0 bridgehead atoms. The number of hydrogen-bond donors (Lipinski definition) is 1. The number of anilines is 1. The first-order valence-corrected chi connectivity index (χ1v) is 12.5. The zero-order valence-electron chi connectivity index (χ0n) is 20.7. The number of likely N-dealkylation sites (N-methyl/N-ethyl adjacent to an activating group) is 1. The lowest BCUT2D eigenvalue weighted by Crippen LogP contribution is -2.45. The Balaban J connectivity index is 1.37. The molecular formula is C26H32ClN5O4. The van der Waals surface area contributed by atoms with Crippen LogP contribution in [-0.2, 0) is 22.6 Å². The van der Waals surface area contributed by atoms with Gasteiger partial charge in [-0.3, -0.25) is 15.0 Å². The highest BCUT2D eigenvalue weighted by Crippen LogP contribution is 2.29. The van der Waals surface area contributed by atoms with E-state index in [2.05, 4.69) is 15.2 Å². The van der Waals surface area contributed by atoms with Crippen molar-refractivity contribution in [1.29, 1.82) is 0 Å². The monoisotopic (exact) mass is 513 g/mol. The number of ether oxygens (including phenoxy) is 2. The maximum Gasteiger partial charge on any atom is 0.323 e. The Labute approximate surface area is 216 Å². The lowest BCUT2D eigenvalue weighted by molar-refractivity contribution is -0.125. The molecule has 1 fully saturated rings. The number of morpholine rings is 1. The van der Waals surface area contributed by atoms with Gasteiger partial charge in [-0.05, 0) is 30.7 Å². The fourth-order valence-electron chi connectivity index (χ4n) is 4.19. The number of aromatic nitrogens is 1. The maximum atomic E-state index is 12.8. The van der Waals surface area contributed by atoms with Crippen LogP contribution < -0.4 is 10.1 Å². The molecule has 4 rings (SSSR count). The van der Waals surface area contributed by atoms with Crippen LogP contribution in [0.5, 0.6) is 5.75 Å². The Hall–Kier alpha value is -3.14. The third-order valence-corrected chi connectivity index (χ3v) is 6.49. The first kappa shape index (κ1) is 25.9. The van der Waals surface area contributed by atoms with Crippen LogP contribution in [0, 0.1) is 0 Å². The molecule has 1 N–H and O–H groups in total. The summed E-state index contributed by atoms with van der Waals surface area (Å²) >= 11 is 6.26. The normalized spacial score (nSPS) is 16.1. The summed E-state index contributed by atoms with van der Waals surface area (Å²) < 4.78 is 11.0. The molecule has 3 heterocycles. The van der Waals surface area contributed by atoms with Crippen molar-refractivity contribution in [3.8, 4) is 5.75 Å². The van der Waals surface area contributed by atoms with Gasteiger partial charge in [0.2, 0.25) is 5.91 Å². The molecule has 1 aromatic heterocycles. The fraction of sp³-hybridized carbons (Fsp3) is 0.423. The number of amides is 3. The molecule has 36 heavy (non-hydrogen) atoms. The van der Waals surface area contributed by atoms with E-state index in [9.17, 15) is 9.59 Å². The molecule has 9 nitrogen and oxygen atoms in total. The summed E-state index contributed by atoms with van der Waals surface area (Å²) in [5.41, 5.74) is 2.55. The van der Waals surface area contributed by atoms with Crippen LogP contribution in [0.1, 0.15) is 23.6 Å². The minimum Gasteiger partial charge on any atom is -0.492 e. The summed E-state index contributed by atoms with van der Waals surface area (Å²) in [5.74, 6) is 1.01. The highest BCUT2D eigenvalue weighted by Gasteiger charge is 2.24. The zero-order chi connectivity index (χ0) is 25.5. The van der Waals surface area contributed by atoms with Gasteiger partial charge in [-0.2, -0.15) is 0 Å². The molecule has 0 atom stereocenters. The smallest absolute Gasteiger partial charge is 0.323 e. The van der Waals surface area contributed by atoms with E-state index in [-0.39, 0.29) is 11.9 Å². The molecule has 1 aromatic carbocycles. The number of benzene rings is 1. The largest absolute Gasteiger partial charge is 0.492 e. The number of rotatable bonds is 9. The maximum absolute atomic E-state index is 12.8. The number of hydrogen-bond acceptors (Lipinski definition) is 6. The highest BCUT2D eigenvalue weighted by molar-refractivity contribution is 6.32. The van der Waals surface area contributed by atoms with Crippen molar-refractivity contribution in [3.63, 3.8) is 0 Å². The number of pyridine rings is 1. The summed E-state index contributed by atoms with van der Waals surface area (Å²) in [5, 5.41) is 3.39. The van der Waals surface area contributed by atoms with Gasteiger partial charge in [0.15, 0.2) is 0 Å². The minimum atomic E-state index is -0.157. The quantitative estimate of drug-likeness (QED) is 0.516. The molecule has 2 aliphatic rings. The van der Waals surface area contributed by atoms with Crippen molar-refractivity contribution in [2.24, 2.45) is 0 Å². The van der Waals surface area contributed by atoms with E-state index in [0.717, 1.165) is 49.5 Å². The number of halogens is 1. The molecule has 2 aromatic rings. The Kier molecular flexibility index (Phi) is 8.79. The second-order valence-corrected chi connectivity index (χ2v) is 9.18. The van der Waals surface area contributed by atoms with Crippen LogP contribution in [0.2, 0.25) is 5.02 Å². The van der Waals surface area contributed by atoms with E-state index in [1.54, 1.807) is 35.2 Å². The number of carbonyl (C=O) groups excluding carboxylic acids is 2. The van der Waals surface area contributed by atoms with Gasteiger partial charge in [0.05, 0.1) is 31.4 Å². The Morgan fingerprint density at radius 1 is 1.31 bits per heavy atom. The molecule has 0 radical (unpaired) electrons. The van der Waals surface area contributed by atoms with Crippen molar-refractivity contribution in [3.05, 3.63) is 58.3 Å². The van der Waals surface area contributed by atoms with Gasteiger partial charge in [0.25, 0.3) is 0 Å². The SMILES string of the molecule is CCOc1c(Cl)cccc1CN(C)C(=O)C=Cc1cnc2c(c1)CN(CCN1CCOCC1)C(=O)N2. The molecule has 2 aliphatic heterocycles. The Bertz CT molecular complexity index is 1120. The van der Waals surface area contributed by atoms with Crippen LogP contribution in [0.15, 0.2) is 36.5 Å². The lowest BCUT2D eigenvalue weighted by Gasteiger charge is -2.32. The van der Waals surface area contributed by atoms with Gasteiger partial charge in [0.1, 0.15) is 11.6 Å². The predicted octanol–water partition coefficient (Wildman–Crippen LogP) is 3.49. The number of urea groups is 1. The Morgan fingerprint density at radius 2 is 2.11 bits per heavy atom. The van der Waals surface area contributed by atoms with Gasteiger partial charge >= 0.3 is 6.03 Å². The number of fused-ring (bicyclic) bond motifs is 1. The van der Waals surface area contributed by atoms with Crippen LogP contribution in [-0.4, -0.2) is 84.7 Å². The van der Waals surface area contributed by atoms with Gasteiger partial charge in [-0.25, -0.2) is 9.78 Å². The molecular weight excluding hydrogens is 482 g/mol. The number of para-hydroxylation sites is 1. The Morgan fingerprint density at radius 3 is 2.89 bits per heavy atom. The van der Waals surface area contributed by atoms with Gasteiger partial charge in [-0.1, -0.05) is 23.7 Å². The van der Waals surface area contributed by atoms with E-state index in [1.165, 1.54) is 6.08 Å². The van der Waals surface area contributed by atoms with Crippen molar-refractivity contribution >= 4 is 35.4 Å². The average Bonchev–Trinajstić information content (AvgIpc) is 2.88. The highest BCUT2D eigenvalue weighted by atomic mass is 35.5. The molecule has 10 heteroatoms. The van der Waals surface area contributed by atoms with E-state index >= 15 is 0 Å². The van der Waals surface area contributed by atoms with Crippen molar-refractivity contribution in [2.75, 3.05) is 58.4 Å². The summed E-state index contributed by atoms with van der Waals surface area (Å²) in [6.07, 6.45) is 4.91. The van der Waals surface area contributed by atoms with E-state index < -0.39 is 0 Å². The number of carbonyl (C=O) groups is 2. The second-order valence-electron chi connectivity index (χ2n) is 8.77. The zero-order valence-corrected chi connectivity index (χ0v) is 21.5. The van der Waals surface area contributed by atoms with E-state index in [4.69, 9.17) is 21.1 Å². The molecule has 0 spiro atoms. The van der Waals surface area contributed by atoms with Gasteiger partial charge in [-0.15, -0.1) is 0 Å². The van der Waals surface area contributed by atoms with Crippen LogP contribution >= 0.6 is 11.6 Å². The third kappa shape index (κ3) is 6.54. The fourth-order valence-corrected chi connectivity index (χ4v) is 4.44. The molecule has 1 saturated heterocycles. The van der Waals surface area contributed by atoms with E-state index in [0.29, 0.717) is 42.8 Å². The van der Waals surface area contributed by atoms with Crippen molar-refractivity contribution in [2.45, 2.75) is 20.0 Å². The molecule has 0 aliphatic carbocycles. The van der Waals surface area contributed by atoms with Gasteiger partial charge < -0.3 is 19.3 Å². The van der Waals surface area contributed by atoms with Gasteiger partial charge in [0, 0.05) is 63.2 Å². The number of nitrogens with zero attached hydrogens (tertiary/aromatic N) is 4. The predicted molar refractivity (Wildman–Crippen MR) is 139 cm³/mol. The lowest BCUT2D eigenvalue weighted by atomic mass is 10.1. The molecule has 3 amide bonds. The van der Waals surface area contributed by atoms with E-state index in [1.807, 2.05) is 25.1 Å². The van der Waals surface area contributed by atoms with Crippen LogP contribution in [0.4, 0.5) is 10.6 Å².